The standard InChI is InChI=1S/C12H27NO3S/c1-4-12(11-17-3)13-5-6-15-9-10-16-8-7-14-2/h12-13H,4-11H2,1-3H3. The highest BCUT2D eigenvalue weighted by atomic mass is 32.2. The average Bonchev–Trinajstić information content (AvgIpc) is 2.35. The lowest BCUT2D eigenvalue weighted by molar-refractivity contribution is 0.0253. The second kappa shape index (κ2) is 14.3. The first kappa shape index (κ1) is 17.2. The van der Waals surface area contributed by atoms with E-state index >= 15 is 0 Å². The van der Waals surface area contributed by atoms with Crippen LogP contribution in [0.1, 0.15) is 13.3 Å². The molecule has 0 heterocycles. The van der Waals surface area contributed by atoms with Gasteiger partial charge in [-0.1, -0.05) is 6.92 Å². The van der Waals surface area contributed by atoms with Crippen molar-refractivity contribution in [1.82, 2.24) is 5.32 Å². The minimum absolute atomic E-state index is 0.603. The molecule has 0 aliphatic rings. The lowest BCUT2D eigenvalue weighted by Gasteiger charge is -2.15. The molecule has 1 atom stereocenters. The largest absolute Gasteiger partial charge is 0.382 e. The number of ether oxygens (including phenoxy) is 3. The maximum Gasteiger partial charge on any atom is 0.0701 e. The summed E-state index contributed by atoms with van der Waals surface area (Å²) in [5.74, 6) is 1.16. The Morgan fingerprint density at radius 3 is 2.29 bits per heavy atom. The van der Waals surface area contributed by atoms with Crippen molar-refractivity contribution in [2.24, 2.45) is 0 Å². The number of methoxy groups -OCH3 is 1. The number of hydrogen-bond donors (Lipinski definition) is 1. The summed E-state index contributed by atoms with van der Waals surface area (Å²) in [4.78, 5) is 0. The summed E-state index contributed by atoms with van der Waals surface area (Å²) in [6.45, 7) is 6.46. The van der Waals surface area contributed by atoms with Gasteiger partial charge in [-0.05, 0) is 12.7 Å². The highest BCUT2D eigenvalue weighted by Gasteiger charge is 2.02. The minimum Gasteiger partial charge on any atom is -0.382 e. The molecule has 0 spiro atoms. The first-order valence-corrected chi connectivity index (χ1v) is 7.61. The summed E-state index contributed by atoms with van der Waals surface area (Å²) in [7, 11) is 1.67. The maximum atomic E-state index is 5.45. The molecule has 17 heavy (non-hydrogen) atoms. The molecule has 0 amide bonds. The van der Waals surface area contributed by atoms with E-state index in [2.05, 4.69) is 18.5 Å². The summed E-state index contributed by atoms with van der Waals surface area (Å²) in [5, 5.41) is 3.47. The van der Waals surface area contributed by atoms with Gasteiger partial charge >= 0.3 is 0 Å². The van der Waals surface area contributed by atoms with Gasteiger partial charge in [0.15, 0.2) is 0 Å². The molecule has 0 aliphatic heterocycles. The molecule has 1 unspecified atom stereocenters. The van der Waals surface area contributed by atoms with Crippen molar-refractivity contribution in [3.8, 4) is 0 Å². The van der Waals surface area contributed by atoms with Gasteiger partial charge in [0.2, 0.25) is 0 Å². The van der Waals surface area contributed by atoms with E-state index in [9.17, 15) is 0 Å². The lowest BCUT2D eigenvalue weighted by atomic mass is 10.2. The Morgan fingerprint density at radius 2 is 1.71 bits per heavy atom. The van der Waals surface area contributed by atoms with Crippen molar-refractivity contribution in [1.29, 1.82) is 0 Å². The average molecular weight is 265 g/mol. The normalized spacial score (nSPS) is 12.9. The lowest BCUT2D eigenvalue weighted by Crippen LogP contribution is -2.33. The molecule has 0 aliphatic carbocycles. The zero-order chi connectivity index (χ0) is 12.8. The van der Waals surface area contributed by atoms with Crippen LogP contribution in [0.15, 0.2) is 0 Å². The van der Waals surface area contributed by atoms with Crippen LogP contribution in [0.3, 0.4) is 0 Å². The van der Waals surface area contributed by atoms with Gasteiger partial charge in [0.05, 0.1) is 33.0 Å². The van der Waals surface area contributed by atoms with E-state index in [4.69, 9.17) is 14.2 Å². The summed E-state index contributed by atoms with van der Waals surface area (Å²) in [6.07, 6.45) is 3.30. The summed E-state index contributed by atoms with van der Waals surface area (Å²) in [6, 6.07) is 0.603. The Hall–Kier alpha value is 0.190. The molecule has 0 saturated heterocycles. The van der Waals surface area contributed by atoms with Gasteiger partial charge in [-0.25, -0.2) is 0 Å². The van der Waals surface area contributed by atoms with Gasteiger partial charge < -0.3 is 19.5 Å². The van der Waals surface area contributed by atoms with Crippen LogP contribution in [0.4, 0.5) is 0 Å². The van der Waals surface area contributed by atoms with Crippen molar-refractivity contribution < 1.29 is 14.2 Å². The van der Waals surface area contributed by atoms with Gasteiger partial charge in [0.1, 0.15) is 0 Å². The Kier molecular flexibility index (Phi) is 14.4. The first-order valence-electron chi connectivity index (χ1n) is 6.21. The van der Waals surface area contributed by atoms with E-state index < -0.39 is 0 Å². The second-order valence-electron chi connectivity index (χ2n) is 3.73. The van der Waals surface area contributed by atoms with Gasteiger partial charge in [-0.3, -0.25) is 0 Å². The van der Waals surface area contributed by atoms with E-state index in [1.54, 1.807) is 7.11 Å². The minimum atomic E-state index is 0.603. The molecule has 0 bridgehead atoms. The topological polar surface area (TPSA) is 39.7 Å². The zero-order valence-electron chi connectivity index (χ0n) is 11.4. The van der Waals surface area contributed by atoms with Crippen LogP contribution in [-0.2, 0) is 14.2 Å². The third kappa shape index (κ3) is 12.4. The zero-order valence-corrected chi connectivity index (χ0v) is 12.2. The molecule has 4 nitrogen and oxygen atoms in total. The van der Waals surface area contributed by atoms with Gasteiger partial charge in [0, 0.05) is 25.4 Å². The highest BCUT2D eigenvalue weighted by Crippen LogP contribution is 2.00. The van der Waals surface area contributed by atoms with E-state index in [1.165, 1.54) is 6.42 Å². The Morgan fingerprint density at radius 1 is 1.06 bits per heavy atom. The van der Waals surface area contributed by atoms with Gasteiger partial charge in [-0.2, -0.15) is 11.8 Å². The van der Waals surface area contributed by atoms with E-state index in [0.717, 1.165) is 18.9 Å². The van der Waals surface area contributed by atoms with Crippen LogP contribution in [0.5, 0.6) is 0 Å². The van der Waals surface area contributed by atoms with Crippen LogP contribution in [0.25, 0.3) is 0 Å². The predicted molar refractivity (Wildman–Crippen MR) is 74.0 cm³/mol. The molecule has 0 rings (SSSR count). The molecule has 0 aromatic rings. The Balaban J connectivity index is 3.11. The molecule has 0 aromatic heterocycles. The number of rotatable bonds is 13. The van der Waals surface area contributed by atoms with E-state index in [-0.39, 0.29) is 0 Å². The maximum absolute atomic E-state index is 5.45. The molecule has 0 saturated carbocycles. The number of nitrogens with one attached hydrogen (secondary N) is 1. The molecule has 104 valence electrons. The van der Waals surface area contributed by atoms with Crippen LogP contribution >= 0.6 is 11.8 Å². The number of hydrogen-bond acceptors (Lipinski definition) is 5. The van der Waals surface area contributed by atoms with Crippen LogP contribution < -0.4 is 5.32 Å². The van der Waals surface area contributed by atoms with Crippen molar-refractivity contribution in [3.63, 3.8) is 0 Å². The van der Waals surface area contributed by atoms with Crippen LogP contribution in [-0.4, -0.2) is 64.7 Å². The quantitative estimate of drug-likeness (QED) is 0.510. The Labute approximate surface area is 110 Å². The molecule has 0 fully saturated rings. The summed E-state index contributed by atoms with van der Waals surface area (Å²) in [5.41, 5.74) is 0. The third-order valence-electron chi connectivity index (χ3n) is 2.34. The molecule has 0 radical (unpaired) electrons. The van der Waals surface area contributed by atoms with Gasteiger partial charge in [-0.15, -0.1) is 0 Å². The smallest absolute Gasteiger partial charge is 0.0701 e. The SMILES string of the molecule is CCC(CSC)NCCOCCOCCOC. The van der Waals surface area contributed by atoms with Crippen molar-refractivity contribution in [2.75, 3.05) is 58.7 Å². The van der Waals surface area contributed by atoms with E-state index in [1.807, 2.05) is 11.8 Å². The molecular weight excluding hydrogens is 238 g/mol. The van der Waals surface area contributed by atoms with Crippen molar-refractivity contribution >= 4 is 11.8 Å². The molecule has 0 aromatic carbocycles. The fraction of sp³-hybridized carbons (Fsp3) is 1.00. The fourth-order valence-electron chi connectivity index (χ4n) is 1.32. The fourth-order valence-corrected chi connectivity index (χ4v) is 2.08. The summed E-state index contributed by atoms with van der Waals surface area (Å²) >= 11 is 1.88. The van der Waals surface area contributed by atoms with Gasteiger partial charge in [0.25, 0.3) is 0 Å². The van der Waals surface area contributed by atoms with Crippen molar-refractivity contribution in [3.05, 3.63) is 0 Å². The molecule has 1 N–H and O–H groups in total. The third-order valence-corrected chi connectivity index (χ3v) is 3.08. The Bertz CT molecular complexity index is 150. The first-order chi connectivity index (χ1) is 8.35. The monoisotopic (exact) mass is 265 g/mol. The van der Waals surface area contributed by atoms with Crippen molar-refractivity contribution in [2.45, 2.75) is 19.4 Å². The highest BCUT2D eigenvalue weighted by molar-refractivity contribution is 7.98. The van der Waals surface area contributed by atoms with Crippen LogP contribution in [0.2, 0.25) is 0 Å². The second-order valence-corrected chi connectivity index (χ2v) is 4.64. The summed E-state index contributed by atoms with van der Waals surface area (Å²) < 4.78 is 15.6. The molecule has 5 heteroatoms. The number of thioether (sulfide) groups is 1. The van der Waals surface area contributed by atoms with E-state index in [0.29, 0.717) is 32.5 Å². The van der Waals surface area contributed by atoms with Crippen LogP contribution in [0, 0.1) is 0 Å². The predicted octanol–water partition coefficient (Wildman–Crippen LogP) is 1.40. The molecular formula is C12H27NO3S.